The van der Waals surface area contributed by atoms with Crippen LogP contribution in [0.2, 0.25) is 0 Å². The van der Waals surface area contributed by atoms with Gasteiger partial charge < -0.3 is 11.1 Å². The maximum absolute atomic E-state index is 12.1. The van der Waals surface area contributed by atoms with Crippen molar-refractivity contribution >= 4 is 5.91 Å². The molecular weight excluding hydrogens is 212 g/mol. The zero-order valence-corrected chi connectivity index (χ0v) is 11.8. The van der Waals surface area contributed by atoms with Crippen molar-refractivity contribution in [2.24, 2.45) is 17.1 Å². The van der Waals surface area contributed by atoms with Crippen LogP contribution >= 0.6 is 0 Å². The van der Waals surface area contributed by atoms with Gasteiger partial charge in [-0.25, -0.2) is 0 Å². The van der Waals surface area contributed by atoms with Gasteiger partial charge in [0, 0.05) is 6.04 Å². The van der Waals surface area contributed by atoms with Crippen molar-refractivity contribution in [1.29, 1.82) is 0 Å². The molecule has 2 atom stereocenters. The molecule has 1 amide bonds. The van der Waals surface area contributed by atoms with E-state index in [2.05, 4.69) is 26.1 Å². The molecule has 100 valence electrons. The Morgan fingerprint density at radius 1 is 1.24 bits per heavy atom. The Kier molecular flexibility index (Phi) is 4.99. The van der Waals surface area contributed by atoms with Crippen LogP contribution in [0.5, 0.6) is 0 Å². The SMILES string of the molecule is CC(NC(=O)C(N)C1CCCCC1)C(C)(C)C. The normalized spacial score (nSPS) is 21.9. The first-order valence-corrected chi connectivity index (χ1v) is 6.88. The highest BCUT2D eigenvalue weighted by molar-refractivity contribution is 5.82. The number of nitrogens with two attached hydrogens (primary N) is 1. The molecule has 3 nitrogen and oxygen atoms in total. The quantitative estimate of drug-likeness (QED) is 0.796. The van der Waals surface area contributed by atoms with Gasteiger partial charge in [-0.15, -0.1) is 0 Å². The summed E-state index contributed by atoms with van der Waals surface area (Å²) in [5.41, 5.74) is 6.16. The van der Waals surface area contributed by atoms with Gasteiger partial charge in [-0.1, -0.05) is 40.0 Å². The number of rotatable bonds is 3. The molecule has 3 heteroatoms. The number of carbonyl (C=O) groups is 1. The number of amides is 1. The smallest absolute Gasteiger partial charge is 0.237 e. The van der Waals surface area contributed by atoms with Crippen LogP contribution in [-0.2, 0) is 4.79 Å². The van der Waals surface area contributed by atoms with Crippen molar-refractivity contribution in [1.82, 2.24) is 5.32 Å². The van der Waals surface area contributed by atoms with Gasteiger partial charge >= 0.3 is 0 Å². The number of hydrogen-bond donors (Lipinski definition) is 2. The average molecular weight is 240 g/mol. The summed E-state index contributed by atoms with van der Waals surface area (Å²) in [5.74, 6) is 0.412. The van der Waals surface area contributed by atoms with Crippen molar-refractivity contribution in [2.75, 3.05) is 0 Å². The zero-order chi connectivity index (χ0) is 13.1. The molecular formula is C14H28N2O. The molecule has 0 bridgehead atoms. The van der Waals surface area contributed by atoms with E-state index in [9.17, 15) is 4.79 Å². The van der Waals surface area contributed by atoms with Gasteiger partial charge in [0.25, 0.3) is 0 Å². The lowest BCUT2D eigenvalue weighted by Crippen LogP contribution is -2.51. The molecule has 1 aliphatic rings. The number of carbonyl (C=O) groups excluding carboxylic acids is 1. The molecule has 0 spiro atoms. The maximum Gasteiger partial charge on any atom is 0.237 e. The van der Waals surface area contributed by atoms with Crippen LogP contribution in [0.15, 0.2) is 0 Å². The van der Waals surface area contributed by atoms with Crippen LogP contribution in [0.3, 0.4) is 0 Å². The van der Waals surface area contributed by atoms with Gasteiger partial charge in [0.15, 0.2) is 0 Å². The molecule has 3 N–H and O–H groups in total. The highest BCUT2D eigenvalue weighted by atomic mass is 16.2. The van der Waals surface area contributed by atoms with Crippen LogP contribution in [0.25, 0.3) is 0 Å². The fourth-order valence-corrected chi connectivity index (χ4v) is 2.23. The average Bonchev–Trinajstić information content (AvgIpc) is 2.27. The third-order valence-corrected chi connectivity index (χ3v) is 4.12. The minimum Gasteiger partial charge on any atom is -0.352 e. The summed E-state index contributed by atoms with van der Waals surface area (Å²) in [6.07, 6.45) is 5.96. The van der Waals surface area contributed by atoms with Gasteiger partial charge in [-0.2, -0.15) is 0 Å². The molecule has 0 aromatic carbocycles. The zero-order valence-electron chi connectivity index (χ0n) is 11.8. The summed E-state index contributed by atoms with van der Waals surface area (Å²) in [6, 6.07) is -0.162. The van der Waals surface area contributed by atoms with E-state index in [1.807, 2.05) is 6.92 Å². The summed E-state index contributed by atoms with van der Waals surface area (Å²) in [7, 11) is 0. The molecule has 2 unspecified atom stereocenters. The van der Waals surface area contributed by atoms with Gasteiger partial charge in [0.1, 0.15) is 0 Å². The van der Waals surface area contributed by atoms with Crippen LogP contribution in [0.4, 0.5) is 0 Å². The third kappa shape index (κ3) is 4.30. The summed E-state index contributed by atoms with van der Waals surface area (Å²) in [5, 5.41) is 3.05. The molecule has 0 saturated heterocycles. The molecule has 0 aromatic rings. The largest absolute Gasteiger partial charge is 0.352 e. The number of nitrogens with one attached hydrogen (secondary N) is 1. The van der Waals surface area contributed by atoms with E-state index >= 15 is 0 Å². The molecule has 0 heterocycles. The van der Waals surface area contributed by atoms with E-state index < -0.39 is 0 Å². The topological polar surface area (TPSA) is 55.1 Å². The fraction of sp³-hybridized carbons (Fsp3) is 0.929. The molecule has 1 rings (SSSR count). The highest BCUT2D eigenvalue weighted by Crippen LogP contribution is 2.26. The molecule has 1 aliphatic carbocycles. The van der Waals surface area contributed by atoms with Crippen molar-refractivity contribution in [3.63, 3.8) is 0 Å². The molecule has 0 radical (unpaired) electrons. The fourth-order valence-electron chi connectivity index (χ4n) is 2.23. The predicted octanol–water partition coefficient (Wildman–Crippen LogP) is 2.44. The lowest BCUT2D eigenvalue weighted by Gasteiger charge is -2.32. The third-order valence-electron chi connectivity index (χ3n) is 4.12. The molecule has 17 heavy (non-hydrogen) atoms. The van der Waals surface area contributed by atoms with Crippen molar-refractivity contribution in [2.45, 2.75) is 71.9 Å². The Hall–Kier alpha value is -0.570. The van der Waals surface area contributed by atoms with E-state index in [0.29, 0.717) is 5.92 Å². The van der Waals surface area contributed by atoms with Crippen molar-refractivity contribution in [3.05, 3.63) is 0 Å². The Labute approximate surface area is 106 Å². The molecule has 0 aromatic heterocycles. The van der Waals surface area contributed by atoms with Gasteiger partial charge in [0.2, 0.25) is 5.91 Å². The van der Waals surface area contributed by atoms with E-state index in [0.717, 1.165) is 12.8 Å². The summed E-state index contributed by atoms with van der Waals surface area (Å²) < 4.78 is 0. The lowest BCUT2D eigenvalue weighted by atomic mass is 9.83. The van der Waals surface area contributed by atoms with E-state index in [1.165, 1.54) is 19.3 Å². The van der Waals surface area contributed by atoms with E-state index in [1.54, 1.807) is 0 Å². The first-order chi connectivity index (χ1) is 7.82. The Balaban J connectivity index is 2.46. The van der Waals surface area contributed by atoms with E-state index in [4.69, 9.17) is 5.73 Å². The van der Waals surface area contributed by atoms with Crippen LogP contribution in [0.1, 0.15) is 59.8 Å². The van der Waals surface area contributed by atoms with Crippen LogP contribution < -0.4 is 11.1 Å². The standard InChI is InChI=1S/C14H28N2O/c1-10(14(2,3)4)16-13(17)12(15)11-8-6-5-7-9-11/h10-12H,5-9,15H2,1-4H3,(H,16,17). The summed E-state index contributed by atoms with van der Waals surface area (Å²) in [6.45, 7) is 8.43. The van der Waals surface area contributed by atoms with Gasteiger partial charge in [-0.05, 0) is 31.1 Å². The van der Waals surface area contributed by atoms with Gasteiger partial charge in [-0.3, -0.25) is 4.79 Å². The minimum atomic E-state index is -0.319. The maximum atomic E-state index is 12.1. The lowest BCUT2D eigenvalue weighted by molar-refractivity contribution is -0.125. The van der Waals surface area contributed by atoms with Crippen LogP contribution in [0, 0.1) is 11.3 Å². The second-order valence-corrected chi connectivity index (χ2v) is 6.52. The highest BCUT2D eigenvalue weighted by Gasteiger charge is 2.29. The van der Waals surface area contributed by atoms with E-state index in [-0.39, 0.29) is 23.4 Å². The minimum absolute atomic E-state index is 0.0272. The van der Waals surface area contributed by atoms with Crippen molar-refractivity contribution < 1.29 is 4.79 Å². The second-order valence-electron chi connectivity index (χ2n) is 6.52. The van der Waals surface area contributed by atoms with Gasteiger partial charge in [0.05, 0.1) is 6.04 Å². The first-order valence-electron chi connectivity index (χ1n) is 6.88. The molecule has 0 aliphatic heterocycles. The first kappa shape index (κ1) is 14.5. The van der Waals surface area contributed by atoms with Crippen LogP contribution in [-0.4, -0.2) is 18.0 Å². The van der Waals surface area contributed by atoms with Crippen molar-refractivity contribution in [3.8, 4) is 0 Å². The number of hydrogen-bond acceptors (Lipinski definition) is 2. The summed E-state index contributed by atoms with van der Waals surface area (Å²) >= 11 is 0. The monoisotopic (exact) mass is 240 g/mol. The molecule has 1 saturated carbocycles. The predicted molar refractivity (Wildman–Crippen MR) is 71.6 cm³/mol. The Bertz CT molecular complexity index is 251. The second kappa shape index (κ2) is 5.85. The Morgan fingerprint density at radius 2 is 1.76 bits per heavy atom. The molecule has 1 fully saturated rings. The Morgan fingerprint density at radius 3 is 2.24 bits per heavy atom. The summed E-state index contributed by atoms with van der Waals surface area (Å²) in [4.78, 5) is 12.1.